The Kier molecular flexibility index (Phi) is 5.34. The van der Waals surface area contributed by atoms with Crippen LogP contribution in [0, 0.1) is 5.92 Å². The number of carbonyl (C=O) groups is 1. The van der Waals surface area contributed by atoms with Gasteiger partial charge in [-0.1, -0.05) is 11.6 Å². The molecule has 1 atom stereocenters. The first kappa shape index (κ1) is 17.4. The van der Waals surface area contributed by atoms with E-state index in [1.165, 1.54) is 0 Å². The molecule has 0 amide bonds. The molecule has 0 saturated heterocycles. The largest absolute Gasteiger partial charge is 0.497 e. The van der Waals surface area contributed by atoms with Crippen LogP contribution in [-0.4, -0.2) is 26.8 Å². The Morgan fingerprint density at radius 2 is 2.04 bits per heavy atom. The molecule has 0 aliphatic carbocycles. The summed E-state index contributed by atoms with van der Waals surface area (Å²) in [4.78, 5) is 12.4. The van der Waals surface area contributed by atoms with Crippen LogP contribution in [0.5, 0.6) is 17.2 Å². The summed E-state index contributed by atoms with van der Waals surface area (Å²) in [5, 5.41) is 0.623. The van der Waals surface area contributed by atoms with Gasteiger partial charge in [0, 0.05) is 10.6 Å². The standard InChI is InChI=1S/C19H19ClO5/c1-22-16-4-6-17(23-2)13(9-16)10-25-19(21)14-7-12-8-15(20)3-5-18(12)24-11-14/h3-6,8-9,14H,7,10-11H2,1-2H3. The smallest absolute Gasteiger partial charge is 0.313 e. The van der Waals surface area contributed by atoms with Crippen molar-refractivity contribution in [3.8, 4) is 17.2 Å². The fraction of sp³-hybridized carbons (Fsp3) is 0.316. The maximum atomic E-state index is 12.4. The molecular formula is C19H19ClO5. The number of benzene rings is 2. The highest BCUT2D eigenvalue weighted by Crippen LogP contribution is 2.31. The first-order chi connectivity index (χ1) is 12.1. The van der Waals surface area contributed by atoms with Crippen LogP contribution in [-0.2, 0) is 22.6 Å². The lowest BCUT2D eigenvalue weighted by atomic mass is 9.97. The van der Waals surface area contributed by atoms with Crippen LogP contribution in [0.15, 0.2) is 36.4 Å². The Balaban J connectivity index is 1.65. The number of esters is 1. The molecule has 3 rings (SSSR count). The van der Waals surface area contributed by atoms with Gasteiger partial charge in [0.1, 0.15) is 30.5 Å². The van der Waals surface area contributed by atoms with Gasteiger partial charge in [0.25, 0.3) is 0 Å². The Hall–Kier alpha value is -2.40. The molecule has 25 heavy (non-hydrogen) atoms. The van der Waals surface area contributed by atoms with Gasteiger partial charge in [-0.15, -0.1) is 0 Å². The van der Waals surface area contributed by atoms with Gasteiger partial charge >= 0.3 is 5.97 Å². The van der Waals surface area contributed by atoms with E-state index < -0.39 is 0 Å². The summed E-state index contributed by atoms with van der Waals surface area (Å²) >= 11 is 6.01. The molecule has 0 radical (unpaired) electrons. The second-order valence-corrected chi connectivity index (χ2v) is 6.19. The molecule has 0 fully saturated rings. The summed E-state index contributed by atoms with van der Waals surface area (Å²) in [6, 6.07) is 10.8. The van der Waals surface area contributed by atoms with Gasteiger partial charge in [-0.05, 0) is 48.4 Å². The molecule has 5 nitrogen and oxygen atoms in total. The fourth-order valence-corrected chi connectivity index (χ4v) is 2.97. The number of rotatable bonds is 5. The predicted octanol–water partition coefficient (Wildman–Crippen LogP) is 3.65. The molecule has 0 saturated carbocycles. The van der Waals surface area contributed by atoms with Crippen LogP contribution in [0.1, 0.15) is 11.1 Å². The second-order valence-electron chi connectivity index (χ2n) is 5.75. The summed E-state index contributed by atoms with van der Waals surface area (Å²) < 4.78 is 21.6. The third-order valence-electron chi connectivity index (χ3n) is 4.12. The topological polar surface area (TPSA) is 54.0 Å². The van der Waals surface area contributed by atoms with E-state index in [9.17, 15) is 4.79 Å². The van der Waals surface area contributed by atoms with Crippen LogP contribution in [0.25, 0.3) is 0 Å². The number of hydrogen-bond donors (Lipinski definition) is 0. The van der Waals surface area contributed by atoms with E-state index in [1.54, 1.807) is 38.5 Å². The molecule has 1 aliphatic rings. The van der Waals surface area contributed by atoms with E-state index in [0.717, 1.165) is 16.9 Å². The monoisotopic (exact) mass is 362 g/mol. The lowest BCUT2D eigenvalue weighted by Crippen LogP contribution is -2.29. The molecule has 132 valence electrons. The minimum absolute atomic E-state index is 0.109. The normalized spacial score (nSPS) is 15.7. The van der Waals surface area contributed by atoms with Crippen molar-refractivity contribution in [2.75, 3.05) is 20.8 Å². The molecule has 0 spiro atoms. The average Bonchev–Trinajstić information content (AvgIpc) is 2.65. The van der Waals surface area contributed by atoms with E-state index in [2.05, 4.69) is 0 Å². The van der Waals surface area contributed by atoms with Crippen molar-refractivity contribution in [2.45, 2.75) is 13.0 Å². The van der Waals surface area contributed by atoms with E-state index >= 15 is 0 Å². The number of ether oxygens (including phenoxy) is 4. The zero-order chi connectivity index (χ0) is 17.8. The van der Waals surface area contributed by atoms with Crippen molar-refractivity contribution in [2.24, 2.45) is 5.92 Å². The molecule has 0 aromatic heterocycles. The highest BCUT2D eigenvalue weighted by molar-refractivity contribution is 6.30. The van der Waals surface area contributed by atoms with E-state index in [4.69, 9.17) is 30.5 Å². The maximum absolute atomic E-state index is 12.4. The number of halogens is 1. The molecule has 6 heteroatoms. The molecule has 1 heterocycles. The molecule has 0 bridgehead atoms. The molecular weight excluding hydrogens is 344 g/mol. The Bertz CT molecular complexity index is 774. The first-order valence-corrected chi connectivity index (χ1v) is 8.27. The summed E-state index contributed by atoms with van der Waals surface area (Å²) in [5.74, 6) is 1.42. The fourth-order valence-electron chi connectivity index (χ4n) is 2.78. The van der Waals surface area contributed by atoms with Crippen molar-refractivity contribution in [1.29, 1.82) is 0 Å². The summed E-state index contributed by atoms with van der Waals surface area (Å²) in [7, 11) is 3.16. The van der Waals surface area contributed by atoms with Gasteiger partial charge in [0.2, 0.25) is 0 Å². The Morgan fingerprint density at radius 3 is 2.80 bits per heavy atom. The maximum Gasteiger partial charge on any atom is 0.313 e. The lowest BCUT2D eigenvalue weighted by Gasteiger charge is -2.24. The Morgan fingerprint density at radius 1 is 1.20 bits per heavy atom. The Labute approximate surface area is 151 Å². The quantitative estimate of drug-likeness (QED) is 0.760. The molecule has 2 aromatic rings. The first-order valence-electron chi connectivity index (χ1n) is 7.89. The van der Waals surface area contributed by atoms with Gasteiger partial charge in [-0.2, -0.15) is 0 Å². The van der Waals surface area contributed by atoms with Crippen molar-refractivity contribution in [3.63, 3.8) is 0 Å². The van der Waals surface area contributed by atoms with Gasteiger partial charge in [-0.25, -0.2) is 0 Å². The SMILES string of the molecule is COc1ccc(OC)c(COC(=O)C2COc3ccc(Cl)cc3C2)c1. The molecule has 1 unspecified atom stereocenters. The molecule has 1 aliphatic heterocycles. The highest BCUT2D eigenvalue weighted by atomic mass is 35.5. The zero-order valence-corrected chi connectivity index (χ0v) is 14.8. The average molecular weight is 363 g/mol. The minimum Gasteiger partial charge on any atom is -0.497 e. The third-order valence-corrected chi connectivity index (χ3v) is 4.35. The van der Waals surface area contributed by atoms with Gasteiger partial charge in [0.15, 0.2) is 0 Å². The lowest BCUT2D eigenvalue weighted by molar-refractivity contribution is -0.151. The number of hydrogen-bond acceptors (Lipinski definition) is 5. The van der Waals surface area contributed by atoms with Crippen molar-refractivity contribution >= 4 is 17.6 Å². The molecule has 2 aromatic carbocycles. The van der Waals surface area contributed by atoms with Crippen LogP contribution >= 0.6 is 11.6 Å². The van der Waals surface area contributed by atoms with Crippen molar-refractivity contribution < 1.29 is 23.7 Å². The summed E-state index contributed by atoms with van der Waals surface area (Å²) in [6.07, 6.45) is 0.546. The van der Waals surface area contributed by atoms with Gasteiger partial charge in [-0.3, -0.25) is 4.79 Å². The molecule has 0 N–H and O–H groups in total. The van der Waals surface area contributed by atoms with Crippen LogP contribution < -0.4 is 14.2 Å². The van der Waals surface area contributed by atoms with Gasteiger partial charge in [0.05, 0.1) is 20.1 Å². The second kappa shape index (κ2) is 7.66. The van der Waals surface area contributed by atoms with Crippen LogP contribution in [0.3, 0.4) is 0 Å². The van der Waals surface area contributed by atoms with Gasteiger partial charge < -0.3 is 18.9 Å². The van der Waals surface area contributed by atoms with E-state index in [0.29, 0.717) is 29.5 Å². The van der Waals surface area contributed by atoms with E-state index in [1.807, 2.05) is 12.1 Å². The van der Waals surface area contributed by atoms with Crippen molar-refractivity contribution in [1.82, 2.24) is 0 Å². The summed E-state index contributed by atoms with van der Waals surface area (Å²) in [5.41, 5.74) is 1.66. The number of fused-ring (bicyclic) bond motifs is 1. The number of carbonyl (C=O) groups excluding carboxylic acids is 1. The minimum atomic E-state index is -0.359. The predicted molar refractivity (Wildman–Crippen MR) is 93.5 cm³/mol. The highest BCUT2D eigenvalue weighted by Gasteiger charge is 2.27. The third kappa shape index (κ3) is 3.99. The van der Waals surface area contributed by atoms with Crippen LogP contribution in [0.2, 0.25) is 5.02 Å². The number of methoxy groups -OCH3 is 2. The van der Waals surface area contributed by atoms with Crippen LogP contribution in [0.4, 0.5) is 0 Å². The summed E-state index contributed by atoms with van der Waals surface area (Å²) in [6.45, 7) is 0.404. The zero-order valence-electron chi connectivity index (χ0n) is 14.1. The van der Waals surface area contributed by atoms with E-state index in [-0.39, 0.29) is 18.5 Å². The van der Waals surface area contributed by atoms with Crippen molar-refractivity contribution in [3.05, 3.63) is 52.5 Å².